The van der Waals surface area contributed by atoms with Gasteiger partial charge in [-0.2, -0.15) is 0 Å². The SMILES string of the molecule is O=C(OCl)C12CC(C1)C2. The van der Waals surface area contributed by atoms with Gasteiger partial charge in [0.15, 0.2) is 0 Å². The van der Waals surface area contributed by atoms with Gasteiger partial charge in [-0.25, -0.2) is 4.79 Å². The van der Waals surface area contributed by atoms with E-state index in [2.05, 4.69) is 4.29 Å². The van der Waals surface area contributed by atoms with Crippen molar-refractivity contribution in [2.45, 2.75) is 19.3 Å². The molecule has 3 saturated carbocycles. The van der Waals surface area contributed by atoms with Crippen LogP contribution in [0.4, 0.5) is 0 Å². The van der Waals surface area contributed by atoms with Crippen molar-refractivity contribution in [3.8, 4) is 0 Å². The van der Waals surface area contributed by atoms with E-state index in [1.807, 2.05) is 0 Å². The lowest BCUT2D eigenvalue weighted by atomic mass is 9.44. The summed E-state index contributed by atoms with van der Waals surface area (Å²) in [5.74, 6) is 0.590. The van der Waals surface area contributed by atoms with Gasteiger partial charge in [-0.1, -0.05) is 0 Å². The topological polar surface area (TPSA) is 26.3 Å². The third kappa shape index (κ3) is 0.497. The fourth-order valence-corrected chi connectivity index (χ4v) is 1.97. The van der Waals surface area contributed by atoms with Crippen molar-refractivity contribution in [2.75, 3.05) is 0 Å². The van der Waals surface area contributed by atoms with E-state index < -0.39 is 0 Å². The molecule has 9 heavy (non-hydrogen) atoms. The van der Waals surface area contributed by atoms with Crippen LogP contribution in [0, 0.1) is 11.3 Å². The molecule has 0 amide bonds. The standard InChI is InChI=1S/C6H7ClO2/c7-9-5(8)6-1-4(2-6)3-6/h4H,1-3H2. The largest absolute Gasteiger partial charge is 0.347 e. The lowest BCUT2D eigenvalue weighted by Gasteiger charge is -2.58. The Morgan fingerprint density at radius 3 is 2.22 bits per heavy atom. The normalized spacial score (nSPS) is 44.8. The van der Waals surface area contributed by atoms with E-state index in [0.29, 0.717) is 0 Å². The summed E-state index contributed by atoms with van der Waals surface area (Å²) >= 11 is 4.92. The van der Waals surface area contributed by atoms with Crippen LogP contribution in [0.5, 0.6) is 0 Å². The van der Waals surface area contributed by atoms with Gasteiger partial charge in [0.25, 0.3) is 0 Å². The zero-order valence-corrected chi connectivity index (χ0v) is 5.65. The van der Waals surface area contributed by atoms with E-state index in [1.54, 1.807) is 0 Å². The highest BCUT2D eigenvalue weighted by atomic mass is 35.5. The van der Waals surface area contributed by atoms with Gasteiger partial charge in [-0.15, -0.1) is 0 Å². The number of hydrogen-bond donors (Lipinski definition) is 0. The van der Waals surface area contributed by atoms with Crippen LogP contribution in [0.2, 0.25) is 0 Å². The van der Waals surface area contributed by atoms with Crippen molar-refractivity contribution in [2.24, 2.45) is 11.3 Å². The molecular formula is C6H7ClO2. The Morgan fingerprint density at radius 2 is 2.11 bits per heavy atom. The van der Waals surface area contributed by atoms with E-state index >= 15 is 0 Å². The molecule has 0 aromatic rings. The molecule has 3 rings (SSSR count). The highest BCUT2D eigenvalue weighted by Gasteiger charge is 2.62. The smallest absolute Gasteiger partial charge is 0.330 e. The van der Waals surface area contributed by atoms with Gasteiger partial charge in [-0.3, -0.25) is 0 Å². The second-order valence-electron chi connectivity index (χ2n) is 3.12. The predicted octanol–water partition coefficient (Wildman–Crippen LogP) is 1.48. The van der Waals surface area contributed by atoms with Gasteiger partial charge in [0.1, 0.15) is 11.9 Å². The fourth-order valence-electron chi connectivity index (χ4n) is 1.81. The molecular weight excluding hydrogens is 140 g/mol. The molecule has 2 nitrogen and oxygen atoms in total. The Balaban J connectivity index is 2.05. The summed E-state index contributed by atoms with van der Waals surface area (Å²) in [6.45, 7) is 0. The highest BCUT2D eigenvalue weighted by Crippen LogP contribution is 2.64. The van der Waals surface area contributed by atoms with E-state index in [4.69, 9.17) is 11.9 Å². The molecule has 0 aromatic carbocycles. The first-order valence-electron chi connectivity index (χ1n) is 3.10. The van der Waals surface area contributed by atoms with Crippen molar-refractivity contribution in [1.29, 1.82) is 0 Å². The summed E-state index contributed by atoms with van der Waals surface area (Å²) in [5.41, 5.74) is -0.119. The number of rotatable bonds is 1. The molecule has 3 aliphatic rings. The molecule has 0 radical (unpaired) electrons. The van der Waals surface area contributed by atoms with E-state index in [9.17, 15) is 4.79 Å². The van der Waals surface area contributed by atoms with Gasteiger partial charge in [0.05, 0.1) is 5.41 Å². The lowest BCUT2D eigenvalue weighted by molar-refractivity contribution is -0.180. The fraction of sp³-hybridized carbons (Fsp3) is 0.833. The molecule has 2 bridgehead atoms. The molecule has 0 unspecified atom stereocenters. The Bertz CT molecular complexity index is 149. The quantitative estimate of drug-likeness (QED) is 0.560. The summed E-state index contributed by atoms with van der Waals surface area (Å²) in [4.78, 5) is 10.8. The molecule has 0 aromatic heterocycles. The Kier molecular flexibility index (Phi) is 0.878. The second-order valence-corrected chi connectivity index (χ2v) is 3.28. The summed E-state index contributed by atoms with van der Waals surface area (Å²) in [5, 5.41) is 0. The second kappa shape index (κ2) is 1.43. The van der Waals surface area contributed by atoms with Gasteiger partial charge >= 0.3 is 5.97 Å². The third-order valence-corrected chi connectivity index (χ3v) is 2.68. The molecule has 3 fully saturated rings. The maximum atomic E-state index is 10.8. The molecule has 3 heteroatoms. The minimum atomic E-state index is -0.216. The number of carbonyl (C=O) groups excluding carboxylic acids is 1. The maximum absolute atomic E-state index is 10.8. The van der Waals surface area contributed by atoms with Crippen LogP contribution in [0.1, 0.15) is 19.3 Å². The third-order valence-electron chi connectivity index (χ3n) is 2.54. The zero-order chi connectivity index (χ0) is 6.48. The molecule has 0 aliphatic heterocycles. The first-order chi connectivity index (χ1) is 4.27. The summed E-state index contributed by atoms with van der Waals surface area (Å²) in [6, 6.07) is 0. The number of halogens is 1. The molecule has 3 aliphatic carbocycles. The van der Waals surface area contributed by atoms with Crippen LogP contribution < -0.4 is 0 Å². The van der Waals surface area contributed by atoms with Gasteiger partial charge in [-0.05, 0) is 25.2 Å². The molecule has 0 saturated heterocycles. The Labute approximate surface area is 58.3 Å². The summed E-state index contributed by atoms with van der Waals surface area (Å²) in [6.07, 6.45) is 3.04. The first kappa shape index (κ1) is 5.54. The Hall–Kier alpha value is -0.240. The van der Waals surface area contributed by atoms with Crippen molar-refractivity contribution >= 4 is 17.8 Å². The maximum Gasteiger partial charge on any atom is 0.330 e. The summed E-state index contributed by atoms with van der Waals surface area (Å²) in [7, 11) is 0. The first-order valence-corrected chi connectivity index (χ1v) is 3.41. The van der Waals surface area contributed by atoms with Gasteiger partial charge in [0, 0.05) is 0 Å². The van der Waals surface area contributed by atoms with Gasteiger partial charge < -0.3 is 4.29 Å². The molecule has 0 spiro atoms. The number of hydrogen-bond acceptors (Lipinski definition) is 2. The van der Waals surface area contributed by atoms with Crippen LogP contribution in [0.3, 0.4) is 0 Å². The predicted molar refractivity (Wildman–Crippen MR) is 31.7 cm³/mol. The number of carbonyl (C=O) groups is 1. The van der Waals surface area contributed by atoms with Crippen LogP contribution in [0.25, 0.3) is 0 Å². The summed E-state index contributed by atoms with van der Waals surface area (Å²) < 4.78 is 4.13. The van der Waals surface area contributed by atoms with E-state index in [0.717, 1.165) is 25.2 Å². The van der Waals surface area contributed by atoms with Crippen LogP contribution in [-0.4, -0.2) is 5.97 Å². The lowest BCUT2D eigenvalue weighted by Crippen LogP contribution is -2.56. The van der Waals surface area contributed by atoms with Crippen LogP contribution in [0.15, 0.2) is 0 Å². The average molecular weight is 147 g/mol. The van der Waals surface area contributed by atoms with Crippen LogP contribution in [-0.2, 0) is 9.08 Å². The average Bonchev–Trinajstić information content (AvgIpc) is 1.57. The molecule has 0 heterocycles. The Morgan fingerprint density at radius 1 is 1.56 bits per heavy atom. The minimum Gasteiger partial charge on any atom is -0.347 e. The van der Waals surface area contributed by atoms with E-state index in [1.165, 1.54) is 0 Å². The molecule has 0 N–H and O–H groups in total. The van der Waals surface area contributed by atoms with E-state index in [-0.39, 0.29) is 11.4 Å². The zero-order valence-electron chi connectivity index (χ0n) is 4.89. The van der Waals surface area contributed by atoms with Crippen molar-refractivity contribution in [3.05, 3.63) is 0 Å². The molecule has 50 valence electrons. The van der Waals surface area contributed by atoms with Gasteiger partial charge in [0.2, 0.25) is 0 Å². The highest BCUT2D eigenvalue weighted by molar-refractivity contribution is 6.14. The van der Waals surface area contributed by atoms with Crippen molar-refractivity contribution in [1.82, 2.24) is 0 Å². The monoisotopic (exact) mass is 146 g/mol. The minimum absolute atomic E-state index is 0.119. The van der Waals surface area contributed by atoms with Crippen LogP contribution >= 0.6 is 11.9 Å². The van der Waals surface area contributed by atoms with Crippen molar-refractivity contribution < 1.29 is 9.08 Å². The molecule has 0 atom stereocenters. The van der Waals surface area contributed by atoms with Crippen molar-refractivity contribution in [3.63, 3.8) is 0 Å².